The fourth-order valence-electron chi connectivity index (χ4n) is 4.08. The van der Waals surface area contributed by atoms with Gasteiger partial charge < -0.3 is 9.84 Å². The van der Waals surface area contributed by atoms with Gasteiger partial charge in [0.15, 0.2) is 5.90 Å². The smallest absolute Gasteiger partial charge is 0.332 e. The maximum Gasteiger partial charge on any atom is 0.332 e. The van der Waals surface area contributed by atoms with Gasteiger partial charge in [-0.15, -0.1) is 0 Å². The second-order valence-corrected chi connectivity index (χ2v) is 9.27. The summed E-state index contributed by atoms with van der Waals surface area (Å²) in [6.45, 7) is 3.78. The first-order valence-electron chi connectivity index (χ1n) is 11.3. The number of hydrogen-bond acceptors (Lipinski definition) is 5. The van der Waals surface area contributed by atoms with Crippen LogP contribution in [0.1, 0.15) is 30.0 Å². The normalized spacial score (nSPS) is 16.0. The molecule has 0 saturated heterocycles. The Morgan fingerprint density at radius 3 is 2.47 bits per heavy atom. The van der Waals surface area contributed by atoms with E-state index in [0.29, 0.717) is 47.3 Å². The van der Waals surface area contributed by atoms with Gasteiger partial charge in [-0.1, -0.05) is 41.4 Å². The van der Waals surface area contributed by atoms with E-state index in [1.165, 1.54) is 9.13 Å². The number of ether oxygens (including phenoxy) is 1. The van der Waals surface area contributed by atoms with Crippen LogP contribution in [0.4, 0.5) is 5.82 Å². The molecule has 4 rings (SSSR count). The van der Waals surface area contributed by atoms with E-state index in [0.717, 1.165) is 11.1 Å². The minimum atomic E-state index is -0.613. The van der Waals surface area contributed by atoms with Crippen molar-refractivity contribution in [1.29, 1.82) is 0 Å². The highest BCUT2D eigenvalue weighted by Crippen LogP contribution is 2.29. The van der Waals surface area contributed by atoms with Crippen molar-refractivity contribution < 1.29 is 9.84 Å². The summed E-state index contributed by atoms with van der Waals surface area (Å²) < 4.78 is 8.76. The molecule has 2 unspecified atom stereocenters. The molecule has 0 aliphatic carbocycles. The number of hydrogen-bond donors (Lipinski definition) is 1. The minimum Gasteiger partial charge on any atom is -0.443 e. The first-order chi connectivity index (χ1) is 16.2. The van der Waals surface area contributed by atoms with E-state index in [-0.39, 0.29) is 18.0 Å². The third kappa shape index (κ3) is 5.16. The Balaban J connectivity index is 1.77. The SMILES string of the molecule is Cc1ccc(OC2=Nc3c(c(=O)n(CCC(C)O)c(=O)n3C)CC2Cc2ccc(Cl)cc2)cc1. The molecule has 0 spiro atoms. The summed E-state index contributed by atoms with van der Waals surface area (Å²) in [5, 5.41) is 10.3. The Labute approximate surface area is 202 Å². The number of nitrogens with zero attached hydrogens (tertiary/aromatic N) is 3. The Morgan fingerprint density at radius 1 is 1.15 bits per heavy atom. The molecule has 7 nitrogen and oxygen atoms in total. The molecule has 1 aromatic heterocycles. The summed E-state index contributed by atoms with van der Waals surface area (Å²) in [7, 11) is 1.60. The molecule has 2 atom stereocenters. The zero-order valence-corrected chi connectivity index (χ0v) is 20.2. The van der Waals surface area contributed by atoms with Crippen LogP contribution in [0.2, 0.25) is 5.02 Å². The lowest BCUT2D eigenvalue weighted by Crippen LogP contribution is -2.43. The van der Waals surface area contributed by atoms with Gasteiger partial charge in [-0.05, 0) is 62.9 Å². The number of benzene rings is 2. The predicted molar refractivity (Wildman–Crippen MR) is 133 cm³/mol. The van der Waals surface area contributed by atoms with E-state index < -0.39 is 11.8 Å². The van der Waals surface area contributed by atoms with Crippen molar-refractivity contribution in [2.45, 2.75) is 45.8 Å². The lowest BCUT2D eigenvalue weighted by Gasteiger charge is -2.26. The molecule has 0 amide bonds. The van der Waals surface area contributed by atoms with Gasteiger partial charge in [0.25, 0.3) is 5.56 Å². The number of fused-ring (bicyclic) bond motifs is 1. The molecule has 2 aromatic carbocycles. The van der Waals surface area contributed by atoms with Gasteiger partial charge in [-0.3, -0.25) is 13.9 Å². The van der Waals surface area contributed by atoms with Crippen molar-refractivity contribution in [3.05, 3.63) is 91.1 Å². The van der Waals surface area contributed by atoms with Crippen LogP contribution in [0.5, 0.6) is 5.75 Å². The largest absolute Gasteiger partial charge is 0.443 e. The molecule has 0 radical (unpaired) electrons. The third-order valence-electron chi connectivity index (χ3n) is 6.03. The van der Waals surface area contributed by atoms with Gasteiger partial charge in [-0.2, -0.15) is 4.99 Å². The van der Waals surface area contributed by atoms with E-state index in [1.807, 2.05) is 55.5 Å². The number of aliphatic imine (C=N–C) groups is 1. The quantitative estimate of drug-likeness (QED) is 0.580. The summed E-state index contributed by atoms with van der Waals surface area (Å²) >= 11 is 6.05. The maximum atomic E-state index is 13.3. The number of rotatable bonds is 6. The van der Waals surface area contributed by atoms with Crippen molar-refractivity contribution in [2.24, 2.45) is 18.0 Å². The molecule has 0 saturated carbocycles. The zero-order chi connectivity index (χ0) is 24.4. The second kappa shape index (κ2) is 9.99. The third-order valence-corrected chi connectivity index (χ3v) is 6.29. The predicted octanol–water partition coefficient (Wildman–Crippen LogP) is 3.80. The standard InChI is InChI=1S/C26H28ClN3O4/c1-16-4-10-21(11-5-16)34-24-19(14-18-6-8-20(27)9-7-18)15-22-23(28-24)29(3)26(33)30(25(22)32)13-12-17(2)31/h4-11,17,19,31H,12-15H2,1-3H3. The number of aliphatic hydroxyl groups excluding tert-OH is 1. The van der Waals surface area contributed by atoms with E-state index in [9.17, 15) is 14.7 Å². The highest BCUT2D eigenvalue weighted by atomic mass is 35.5. The topological polar surface area (TPSA) is 85.8 Å². The Morgan fingerprint density at radius 2 is 1.82 bits per heavy atom. The molecule has 0 fully saturated rings. The summed E-state index contributed by atoms with van der Waals surface area (Å²) in [5.74, 6) is 1.22. The summed E-state index contributed by atoms with van der Waals surface area (Å²) in [4.78, 5) is 30.9. The van der Waals surface area contributed by atoms with Crippen molar-refractivity contribution in [3.63, 3.8) is 0 Å². The maximum absolute atomic E-state index is 13.3. The van der Waals surface area contributed by atoms with Crippen LogP contribution in [0.3, 0.4) is 0 Å². The molecule has 1 aliphatic rings. The van der Waals surface area contributed by atoms with Crippen molar-refractivity contribution >= 4 is 23.3 Å². The van der Waals surface area contributed by atoms with Gasteiger partial charge in [0.2, 0.25) is 0 Å². The summed E-state index contributed by atoms with van der Waals surface area (Å²) in [6.07, 6.45) is 0.673. The second-order valence-electron chi connectivity index (χ2n) is 8.84. The van der Waals surface area contributed by atoms with Crippen LogP contribution in [0.15, 0.2) is 63.1 Å². The number of aliphatic hydroxyl groups is 1. The number of aromatic nitrogens is 2. The van der Waals surface area contributed by atoms with Gasteiger partial charge in [0.05, 0.1) is 11.7 Å². The number of aryl methyl sites for hydroxylation is 1. The van der Waals surface area contributed by atoms with Gasteiger partial charge in [-0.25, -0.2) is 4.79 Å². The first-order valence-corrected chi connectivity index (χ1v) is 11.7. The number of halogens is 1. The van der Waals surface area contributed by atoms with E-state index >= 15 is 0 Å². The molecule has 2 heterocycles. The lowest BCUT2D eigenvalue weighted by molar-refractivity contribution is 0.176. The molecule has 1 aliphatic heterocycles. The molecule has 34 heavy (non-hydrogen) atoms. The molecular formula is C26H28ClN3O4. The van der Waals surface area contributed by atoms with Crippen LogP contribution in [-0.2, 0) is 26.4 Å². The Bertz CT molecular complexity index is 1320. The Hall–Kier alpha value is -3.16. The van der Waals surface area contributed by atoms with Crippen LogP contribution < -0.4 is 16.0 Å². The summed E-state index contributed by atoms with van der Waals surface area (Å²) in [6, 6.07) is 15.2. The molecular weight excluding hydrogens is 454 g/mol. The van der Waals surface area contributed by atoms with Crippen LogP contribution in [0, 0.1) is 12.8 Å². The average molecular weight is 482 g/mol. The molecule has 3 aromatic rings. The Kier molecular flexibility index (Phi) is 7.05. The average Bonchev–Trinajstić information content (AvgIpc) is 2.81. The van der Waals surface area contributed by atoms with Crippen LogP contribution in [0.25, 0.3) is 0 Å². The van der Waals surface area contributed by atoms with Gasteiger partial charge in [0, 0.05) is 24.5 Å². The van der Waals surface area contributed by atoms with E-state index in [4.69, 9.17) is 16.3 Å². The fourth-order valence-corrected chi connectivity index (χ4v) is 4.21. The minimum absolute atomic E-state index is 0.148. The van der Waals surface area contributed by atoms with Crippen molar-refractivity contribution in [2.75, 3.05) is 0 Å². The molecule has 178 valence electrons. The highest BCUT2D eigenvalue weighted by molar-refractivity contribution is 6.30. The fraction of sp³-hybridized carbons (Fsp3) is 0.346. The summed E-state index contributed by atoms with van der Waals surface area (Å²) in [5.41, 5.74) is 1.80. The highest BCUT2D eigenvalue weighted by Gasteiger charge is 2.30. The van der Waals surface area contributed by atoms with Gasteiger partial charge >= 0.3 is 5.69 Å². The lowest BCUT2D eigenvalue weighted by atomic mass is 9.91. The van der Waals surface area contributed by atoms with Gasteiger partial charge in [0.1, 0.15) is 11.6 Å². The van der Waals surface area contributed by atoms with E-state index in [2.05, 4.69) is 4.99 Å². The monoisotopic (exact) mass is 481 g/mol. The van der Waals surface area contributed by atoms with Crippen molar-refractivity contribution in [3.8, 4) is 5.75 Å². The molecule has 1 N–H and O–H groups in total. The molecule has 0 bridgehead atoms. The van der Waals surface area contributed by atoms with Crippen molar-refractivity contribution in [1.82, 2.24) is 9.13 Å². The molecule has 8 heteroatoms. The first kappa shape index (κ1) is 24.0. The van der Waals surface area contributed by atoms with Crippen LogP contribution in [-0.4, -0.2) is 26.2 Å². The zero-order valence-electron chi connectivity index (χ0n) is 19.5. The van der Waals surface area contributed by atoms with Crippen LogP contribution >= 0.6 is 11.6 Å². The van der Waals surface area contributed by atoms with E-state index in [1.54, 1.807) is 14.0 Å².